The number of ether oxygens (including phenoxy) is 1. The van der Waals surface area contributed by atoms with Gasteiger partial charge in [0.25, 0.3) is 0 Å². The summed E-state index contributed by atoms with van der Waals surface area (Å²) in [5.74, 6) is -0.871. The molecule has 0 aliphatic heterocycles. The first kappa shape index (κ1) is 15.7. The predicted octanol–water partition coefficient (Wildman–Crippen LogP) is 2.24. The summed E-state index contributed by atoms with van der Waals surface area (Å²) in [6.07, 6.45) is -0.161. The Morgan fingerprint density at radius 1 is 1.00 bits per heavy atom. The number of carbonyl (C=O) groups excluding carboxylic acids is 2. The predicted molar refractivity (Wildman–Crippen MR) is 84.6 cm³/mol. The van der Waals surface area contributed by atoms with Gasteiger partial charge in [-0.1, -0.05) is 36.4 Å². The van der Waals surface area contributed by atoms with Crippen molar-refractivity contribution in [3.05, 3.63) is 60.7 Å². The molecule has 0 saturated heterocycles. The first-order valence-electron chi connectivity index (χ1n) is 6.90. The van der Waals surface area contributed by atoms with Gasteiger partial charge in [-0.15, -0.1) is 0 Å². The fourth-order valence-corrected chi connectivity index (χ4v) is 2.07. The number of methoxy groups -OCH3 is 1. The minimum absolute atomic E-state index is 0.161. The van der Waals surface area contributed by atoms with Crippen LogP contribution in [-0.2, 0) is 14.3 Å². The van der Waals surface area contributed by atoms with Gasteiger partial charge in [-0.3, -0.25) is 14.5 Å². The zero-order valence-electron chi connectivity index (χ0n) is 12.3. The van der Waals surface area contributed by atoms with Crippen molar-refractivity contribution in [2.45, 2.75) is 12.5 Å². The molecular weight excluding hydrogens is 280 g/mol. The highest BCUT2D eigenvalue weighted by Crippen LogP contribution is 2.25. The summed E-state index contributed by atoms with van der Waals surface area (Å²) < 4.78 is 4.57. The Hall–Kier alpha value is -2.66. The van der Waals surface area contributed by atoms with Gasteiger partial charge < -0.3 is 10.5 Å². The van der Waals surface area contributed by atoms with Crippen LogP contribution in [0.4, 0.5) is 11.4 Å². The van der Waals surface area contributed by atoms with E-state index in [1.54, 1.807) is 0 Å². The number of benzene rings is 2. The third kappa shape index (κ3) is 3.71. The Kier molecular flexibility index (Phi) is 5.27. The lowest BCUT2D eigenvalue weighted by Crippen LogP contribution is -2.43. The highest BCUT2D eigenvalue weighted by Gasteiger charge is 2.26. The Labute approximate surface area is 129 Å². The van der Waals surface area contributed by atoms with Crippen LogP contribution in [0.25, 0.3) is 0 Å². The van der Waals surface area contributed by atoms with Crippen molar-refractivity contribution in [1.82, 2.24) is 0 Å². The van der Waals surface area contributed by atoms with E-state index < -0.39 is 12.0 Å². The summed E-state index contributed by atoms with van der Waals surface area (Å²) in [6.45, 7) is 0. The molecule has 0 unspecified atom stereocenters. The third-order valence-corrected chi connectivity index (χ3v) is 3.18. The lowest BCUT2D eigenvalue weighted by molar-refractivity contribution is -0.142. The number of hydrogen-bond donors (Lipinski definition) is 1. The quantitative estimate of drug-likeness (QED) is 0.859. The standard InChI is InChI=1S/C17H18N2O3/c1-22-16(20)12-15(18)17(21)19(13-8-4-2-5-9-13)14-10-6-3-7-11-14/h2-11,15H,12,18H2,1H3/t15-/m0/s1. The zero-order valence-corrected chi connectivity index (χ0v) is 12.3. The molecule has 0 aliphatic carbocycles. The average molecular weight is 298 g/mol. The van der Waals surface area contributed by atoms with Gasteiger partial charge in [-0.2, -0.15) is 0 Å². The van der Waals surface area contributed by atoms with Crippen molar-refractivity contribution in [3.8, 4) is 0 Å². The van der Waals surface area contributed by atoms with Gasteiger partial charge in [0.15, 0.2) is 0 Å². The topological polar surface area (TPSA) is 72.6 Å². The van der Waals surface area contributed by atoms with Crippen LogP contribution in [0.2, 0.25) is 0 Å². The monoisotopic (exact) mass is 298 g/mol. The molecule has 0 spiro atoms. The fourth-order valence-electron chi connectivity index (χ4n) is 2.07. The number of para-hydroxylation sites is 2. The van der Waals surface area contributed by atoms with Crippen molar-refractivity contribution in [3.63, 3.8) is 0 Å². The molecule has 5 nitrogen and oxygen atoms in total. The van der Waals surface area contributed by atoms with Gasteiger partial charge in [0.05, 0.1) is 19.6 Å². The molecule has 0 radical (unpaired) electrons. The summed E-state index contributed by atoms with van der Waals surface area (Å²) in [5, 5.41) is 0. The van der Waals surface area contributed by atoms with Crippen molar-refractivity contribution < 1.29 is 14.3 Å². The number of esters is 1. The summed E-state index contributed by atoms with van der Waals surface area (Å²) in [5.41, 5.74) is 7.26. The van der Waals surface area contributed by atoms with E-state index >= 15 is 0 Å². The average Bonchev–Trinajstić information content (AvgIpc) is 2.56. The van der Waals surface area contributed by atoms with Gasteiger partial charge in [-0.25, -0.2) is 0 Å². The Bertz CT molecular complexity index is 589. The number of amides is 1. The first-order chi connectivity index (χ1) is 10.6. The van der Waals surface area contributed by atoms with Crippen LogP contribution in [-0.4, -0.2) is 25.0 Å². The largest absolute Gasteiger partial charge is 0.469 e. The van der Waals surface area contributed by atoms with Gasteiger partial charge in [0, 0.05) is 11.4 Å². The maximum atomic E-state index is 12.7. The SMILES string of the molecule is COC(=O)C[C@H](N)C(=O)N(c1ccccc1)c1ccccc1. The van der Waals surface area contributed by atoms with E-state index in [-0.39, 0.29) is 12.3 Å². The Morgan fingerprint density at radius 3 is 1.86 bits per heavy atom. The molecule has 2 N–H and O–H groups in total. The van der Waals surface area contributed by atoms with Crippen LogP contribution in [0.1, 0.15) is 6.42 Å². The number of hydrogen-bond acceptors (Lipinski definition) is 4. The summed E-state index contributed by atoms with van der Waals surface area (Å²) >= 11 is 0. The number of nitrogens with two attached hydrogens (primary N) is 1. The van der Waals surface area contributed by atoms with Gasteiger partial charge in [0.2, 0.25) is 5.91 Å². The third-order valence-electron chi connectivity index (χ3n) is 3.18. The maximum Gasteiger partial charge on any atom is 0.307 e. The number of nitrogens with zero attached hydrogens (tertiary/aromatic N) is 1. The van der Waals surface area contributed by atoms with Crippen molar-refractivity contribution in [1.29, 1.82) is 0 Å². The maximum absolute atomic E-state index is 12.7. The van der Waals surface area contributed by atoms with E-state index in [2.05, 4.69) is 4.74 Å². The van der Waals surface area contributed by atoms with Crippen LogP contribution in [0, 0.1) is 0 Å². The molecule has 0 aliphatic rings. The van der Waals surface area contributed by atoms with Crippen LogP contribution in [0.15, 0.2) is 60.7 Å². The molecule has 0 bridgehead atoms. The lowest BCUT2D eigenvalue weighted by atomic mass is 10.1. The molecule has 2 aromatic rings. The molecule has 0 fully saturated rings. The molecule has 22 heavy (non-hydrogen) atoms. The molecule has 0 heterocycles. The summed E-state index contributed by atoms with van der Waals surface area (Å²) in [4.78, 5) is 25.5. The minimum Gasteiger partial charge on any atom is -0.469 e. The number of anilines is 2. The van der Waals surface area contributed by atoms with Crippen molar-refractivity contribution in [2.75, 3.05) is 12.0 Å². The van der Waals surface area contributed by atoms with E-state index in [0.29, 0.717) is 11.4 Å². The molecule has 1 atom stereocenters. The summed E-state index contributed by atoms with van der Waals surface area (Å²) in [7, 11) is 1.27. The van der Waals surface area contributed by atoms with Crippen LogP contribution in [0.5, 0.6) is 0 Å². The number of rotatable bonds is 5. The molecular formula is C17H18N2O3. The fraction of sp³-hybridized carbons (Fsp3) is 0.176. The highest BCUT2D eigenvalue weighted by molar-refractivity contribution is 6.04. The van der Waals surface area contributed by atoms with E-state index in [4.69, 9.17) is 5.73 Å². The molecule has 0 saturated carbocycles. The molecule has 2 rings (SSSR count). The second kappa shape index (κ2) is 7.38. The van der Waals surface area contributed by atoms with Gasteiger partial charge in [-0.05, 0) is 24.3 Å². The summed E-state index contributed by atoms with van der Waals surface area (Å²) in [6, 6.07) is 17.4. The van der Waals surface area contributed by atoms with Crippen LogP contribution >= 0.6 is 0 Å². The van der Waals surface area contributed by atoms with Gasteiger partial charge >= 0.3 is 5.97 Å². The molecule has 114 valence electrons. The Balaban J connectivity index is 2.33. The molecule has 5 heteroatoms. The van der Waals surface area contributed by atoms with Crippen molar-refractivity contribution >= 4 is 23.3 Å². The van der Waals surface area contributed by atoms with E-state index in [1.165, 1.54) is 12.0 Å². The second-order valence-corrected chi connectivity index (χ2v) is 4.73. The van der Waals surface area contributed by atoms with E-state index in [1.807, 2.05) is 60.7 Å². The number of carbonyl (C=O) groups is 2. The zero-order chi connectivity index (χ0) is 15.9. The second-order valence-electron chi connectivity index (χ2n) is 4.73. The van der Waals surface area contributed by atoms with Crippen LogP contribution < -0.4 is 10.6 Å². The normalized spacial score (nSPS) is 11.5. The smallest absolute Gasteiger partial charge is 0.307 e. The minimum atomic E-state index is -0.965. The van der Waals surface area contributed by atoms with Gasteiger partial charge in [0.1, 0.15) is 0 Å². The molecule has 1 amide bonds. The van der Waals surface area contributed by atoms with E-state index in [9.17, 15) is 9.59 Å². The lowest BCUT2D eigenvalue weighted by Gasteiger charge is -2.25. The highest BCUT2D eigenvalue weighted by atomic mass is 16.5. The molecule has 2 aromatic carbocycles. The molecule has 0 aromatic heterocycles. The first-order valence-corrected chi connectivity index (χ1v) is 6.90. The van der Waals surface area contributed by atoms with Crippen LogP contribution in [0.3, 0.4) is 0 Å². The van der Waals surface area contributed by atoms with Crippen molar-refractivity contribution in [2.24, 2.45) is 5.73 Å². The Morgan fingerprint density at radius 2 is 1.45 bits per heavy atom. The van der Waals surface area contributed by atoms with E-state index in [0.717, 1.165) is 0 Å².